The third kappa shape index (κ3) is 4.72. The number of rotatable bonds is 7. The monoisotopic (exact) mass is 498 g/mol. The van der Waals surface area contributed by atoms with Crippen LogP contribution in [0.4, 0.5) is 0 Å². The van der Waals surface area contributed by atoms with E-state index in [4.69, 9.17) is 14.5 Å². The minimum Gasteiger partial charge on any atom is -0.379 e. The zero-order valence-corrected chi connectivity index (χ0v) is 20.4. The van der Waals surface area contributed by atoms with Crippen molar-refractivity contribution in [2.45, 2.75) is 41.3 Å². The predicted octanol–water partition coefficient (Wildman–Crippen LogP) is 3.40. The Balaban J connectivity index is 1.49. The molecule has 0 saturated carbocycles. The molecule has 0 aliphatic carbocycles. The van der Waals surface area contributed by atoms with Crippen LogP contribution < -0.4 is 0 Å². The number of fused-ring (bicyclic) bond motifs is 1. The third-order valence-electron chi connectivity index (χ3n) is 6.20. The third-order valence-corrected chi connectivity index (χ3v) is 9.12. The zero-order valence-electron chi connectivity index (χ0n) is 18.7. The van der Waals surface area contributed by atoms with Crippen LogP contribution in [0.2, 0.25) is 0 Å². The molecule has 0 radical (unpaired) electrons. The van der Waals surface area contributed by atoms with Crippen LogP contribution in [-0.2, 0) is 31.8 Å². The molecular formula is C24H26N4O4S2. The van der Waals surface area contributed by atoms with Gasteiger partial charge in [0.25, 0.3) is 0 Å². The molecule has 10 heteroatoms. The number of morpholine rings is 1. The maximum atomic E-state index is 13.2. The van der Waals surface area contributed by atoms with E-state index in [1.165, 1.54) is 4.31 Å². The van der Waals surface area contributed by atoms with Crippen molar-refractivity contribution in [3.63, 3.8) is 0 Å². The molecule has 2 aliphatic heterocycles. The molecule has 1 atom stereocenters. The molecule has 0 spiro atoms. The van der Waals surface area contributed by atoms with E-state index in [0.29, 0.717) is 49.7 Å². The molecule has 3 aromatic rings. The standard InChI is InChI=1S/C24H26N4O4S2/c25-15-18-4-1-2-5-19(18)17-33-24-26-22-14-21(34(29,30)27-9-12-31-13-10-27)7-8-23(22)28(24)16-20-6-3-11-32-20/h1-2,4-5,7-8,14,20H,3,6,9-13,16-17H2. The molecule has 8 nitrogen and oxygen atoms in total. The first-order valence-electron chi connectivity index (χ1n) is 11.4. The molecule has 34 heavy (non-hydrogen) atoms. The Labute approximate surface area is 203 Å². The Morgan fingerprint density at radius 1 is 1.15 bits per heavy atom. The van der Waals surface area contributed by atoms with Gasteiger partial charge in [0.2, 0.25) is 10.0 Å². The number of ether oxygens (including phenoxy) is 2. The molecule has 2 fully saturated rings. The molecule has 2 saturated heterocycles. The van der Waals surface area contributed by atoms with Crippen molar-refractivity contribution in [3.8, 4) is 6.07 Å². The summed E-state index contributed by atoms with van der Waals surface area (Å²) in [5, 5.41) is 10.2. The molecule has 0 bridgehead atoms. The summed E-state index contributed by atoms with van der Waals surface area (Å²) < 4.78 is 41.1. The number of hydrogen-bond donors (Lipinski definition) is 0. The number of thioether (sulfide) groups is 1. The Kier molecular flexibility index (Phi) is 6.90. The van der Waals surface area contributed by atoms with E-state index in [1.54, 1.807) is 23.9 Å². The van der Waals surface area contributed by atoms with Gasteiger partial charge in [-0.05, 0) is 42.7 Å². The molecule has 5 rings (SSSR count). The van der Waals surface area contributed by atoms with Crippen LogP contribution in [-0.4, -0.2) is 61.3 Å². The summed E-state index contributed by atoms with van der Waals surface area (Å²) in [4.78, 5) is 5.07. The summed E-state index contributed by atoms with van der Waals surface area (Å²) in [6, 6.07) is 15.0. The molecular weight excluding hydrogens is 472 g/mol. The van der Waals surface area contributed by atoms with Gasteiger partial charge >= 0.3 is 0 Å². The topological polar surface area (TPSA) is 97.5 Å². The summed E-state index contributed by atoms with van der Waals surface area (Å²) in [6.07, 6.45) is 2.14. The van der Waals surface area contributed by atoms with E-state index < -0.39 is 10.0 Å². The molecule has 1 unspecified atom stereocenters. The quantitative estimate of drug-likeness (QED) is 0.461. The van der Waals surface area contributed by atoms with Crippen molar-refractivity contribution in [2.75, 3.05) is 32.9 Å². The summed E-state index contributed by atoms with van der Waals surface area (Å²) >= 11 is 1.55. The number of hydrogen-bond acceptors (Lipinski definition) is 7. The SMILES string of the molecule is N#Cc1ccccc1CSc1nc2cc(S(=O)(=O)N3CCOCC3)ccc2n1CC1CCCO1. The molecule has 0 amide bonds. The summed E-state index contributed by atoms with van der Waals surface area (Å²) in [5.41, 5.74) is 3.12. The van der Waals surface area contributed by atoms with Gasteiger partial charge in [0, 0.05) is 25.4 Å². The van der Waals surface area contributed by atoms with Gasteiger partial charge in [0.1, 0.15) is 0 Å². The van der Waals surface area contributed by atoms with Crippen molar-refractivity contribution >= 4 is 32.8 Å². The molecule has 1 aromatic heterocycles. The summed E-state index contributed by atoms with van der Waals surface area (Å²) in [6.45, 7) is 2.94. The lowest BCUT2D eigenvalue weighted by atomic mass is 10.1. The van der Waals surface area contributed by atoms with Crippen molar-refractivity contribution in [1.29, 1.82) is 5.26 Å². The summed E-state index contributed by atoms with van der Waals surface area (Å²) in [7, 11) is -3.61. The fourth-order valence-corrected chi connectivity index (χ4v) is 6.82. The Morgan fingerprint density at radius 3 is 2.74 bits per heavy atom. The van der Waals surface area contributed by atoms with Crippen molar-refractivity contribution in [3.05, 3.63) is 53.6 Å². The van der Waals surface area contributed by atoms with Gasteiger partial charge in [0.05, 0.1) is 53.4 Å². The fourth-order valence-electron chi connectivity index (χ4n) is 4.36. The highest BCUT2D eigenvalue weighted by Gasteiger charge is 2.28. The van der Waals surface area contributed by atoms with Crippen LogP contribution in [0.3, 0.4) is 0 Å². The second-order valence-electron chi connectivity index (χ2n) is 8.36. The average molecular weight is 499 g/mol. The highest BCUT2D eigenvalue weighted by molar-refractivity contribution is 7.98. The molecule has 3 heterocycles. The first kappa shape index (κ1) is 23.3. The number of aromatic nitrogens is 2. The Bertz CT molecular complexity index is 1320. The maximum Gasteiger partial charge on any atom is 0.243 e. The van der Waals surface area contributed by atoms with Gasteiger partial charge < -0.3 is 14.0 Å². The van der Waals surface area contributed by atoms with E-state index in [1.807, 2.05) is 30.3 Å². The van der Waals surface area contributed by atoms with Crippen LogP contribution in [0, 0.1) is 11.3 Å². The van der Waals surface area contributed by atoms with E-state index >= 15 is 0 Å². The Hall–Kier alpha value is -2.42. The van der Waals surface area contributed by atoms with Crippen LogP contribution in [0.25, 0.3) is 11.0 Å². The highest BCUT2D eigenvalue weighted by Crippen LogP contribution is 2.31. The van der Waals surface area contributed by atoms with Gasteiger partial charge in [0.15, 0.2) is 5.16 Å². The van der Waals surface area contributed by atoms with Crippen LogP contribution >= 0.6 is 11.8 Å². The highest BCUT2D eigenvalue weighted by atomic mass is 32.2. The first-order valence-corrected chi connectivity index (χ1v) is 13.8. The number of nitriles is 1. The lowest BCUT2D eigenvalue weighted by Gasteiger charge is -2.26. The number of sulfonamides is 1. The largest absolute Gasteiger partial charge is 0.379 e. The predicted molar refractivity (Wildman–Crippen MR) is 129 cm³/mol. The van der Waals surface area contributed by atoms with Crippen molar-refractivity contribution in [1.82, 2.24) is 13.9 Å². The molecule has 2 aliphatic rings. The maximum absolute atomic E-state index is 13.2. The minimum atomic E-state index is -3.61. The van der Waals surface area contributed by atoms with Gasteiger partial charge in [-0.2, -0.15) is 9.57 Å². The normalized spacial score (nSPS) is 19.4. The van der Waals surface area contributed by atoms with Gasteiger partial charge in [-0.15, -0.1) is 0 Å². The first-order chi connectivity index (χ1) is 16.6. The number of imidazole rings is 1. The van der Waals surface area contributed by atoms with E-state index in [2.05, 4.69) is 10.6 Å². The zero-order chi connectivity index (χ0) is 23.5. The number of nitrogens with zero attached hydrogens (tertiary/aromatic N) is 4. The molecule has 0 N–H and O–H groups in total. The number of benzene rings is 2. The van der Waals surface area contributed by atoms with Gasteiger partial charge in [-0.3, -0.25) is 0 Å². The van der Waals surface area contributed by atoms with Gasteiger partial charge in [-0.25, -0.2) is 13.4 Å². The lowest BCUT2D eigenvalue weighted by Crippen LogP contribution is -2.40. The molecule has 2 aromatic carbocycles. The van der Waals surface area contributed by atoms with Crippen LogP contribution in [0.1, 0.15) is 24.0 Å². The van der Waals surface area contributed by atoms with E-state index in [-0.39, 0.29) is 11.0 Å². The lowest BCUT2D eigenvalue weighted by molar-refractivity contribution is 0.0730. The van der Waals surface area contributed by atoms with Crippen LogP contribution in [0.5, 0.6) is 0 Å². The smallest absolute Gasteiger partial charge is 0.243 e. The Morgan fingerprint density at radius 2 is 1.97 bits per heavy atom. The van der Waals surface area contributed by atoms with Crippen LogP contribution in [0.15, 0.2) is 52.5 Å². The fraction of sp³-hybridized carbons (Fsp3) is 0.417. The second kappa shape index (κ2) is 10.1. The van der Waals surface area contributed by atoms with E-state index in [9.17, 15) is 13.7 Å². The molecule has 178 valence electrons. The van der Waals surface area contributed by atoms with Crippen molar-refractivity contribution < 1.29 is 17.9 Å². The second-order valence-corrected chi connectivity index (χ2v) is 11.2. The van der Waals surface area contributed by atoms with Gasteiger partial charge in [-0.1, -0.05) is 30.0 Å². The summed E-state index contributed by atoms with van der Waals surface area (Å²) in [5.74, 6) is 0.595. The average Bonchev–Trinajstić information content (AvgIpc) is 3.51. The van der Waals surface area contributed by atoms with E-state index in [0.717, 1.165) is 35.7 Å². The minimum absolute atomic E-state index is 0.111. The van der Waals surface area contributed by atoms with Crippen molar-refractivity contribution in [2.24, 2.45) is 0 Å².